The zero-order valence-corrected chi connectivity index (χ0v) is 17.9. The Morgan fingerprint density at radius 2 is 1.61 bits per heavy atom. The molecule has 0 N–H and O–H groups in total. The average molecular weight is 435 g/mol. The second kappa shape index (κ2) is 8.36. The molecule has 0 bridgehead atoms. The van der Waals surface area contributed by atoms with Crippen LogP contribution in [0.4, 0.5) is 10.1 Å². The zero-order chi connectivity index (χ0) is 22.1. The van der Waals surface area contributed by atoms with Gasteiger partial charge in [0.15, 0.2) is 0 Å². The monoisotopic (exact) mass is 434 g/mol. The molecule has 4 rings (SSSR count). The number of anilines is 1. The van der Waals surface area contributed by atoms with E-state index in [1.807, 2.05) is 37.3 Å². The number of amides is 2. The molecule has 3 aromatic carbocycles. The number of likely N-dealkylation sites (N-methyl/N-ethyl adjacent to an activating group) is 1. The lowest BCUT2D eigenvalue weighted by Crippen LogP contribution is -2.34. The topological polar surface area (TPSA) is 40.6 Å². The van der Waals surface area contributed by atoms with Crippen molar-refractivity contribution in [3.8, 4) is 0 Å². The summed E-state index contributed by atoms with van der Waals surface area (Å²) in [6.45, 7) is 2.28. The summed E-state index contributed by atoms with van der Waals surface area (Å²) in [5.41, 5.74) is 3.21. The van der Waals surface area contributed by atoms with Crippen molar-refractivity contribution in [3.63, 3.8) is 0 Å². The van der Waals surface area contributed by atoms with Crippen LogP contribution in [-0.4, -0.2) is 23.8 Å². The van der Waals surface area contributed by atoms with E-state index in [9.17, 15) is 14.0 Å². The van der Waals surface area contributed by atoms with Crippen LogP contribution in [0.3, 0.4) is 0 Å². The van der Waals surface area contributed by atoms with E-state index in [2.05, 4.69) is 0 Å². The SMILES string of the molecule is Cc1ccc(N2C(=O)C(c3ccc(F)cc3)=C(N(C)Cc3ccccc3)C2=O)cc1Cl. The first-order chi connectivity index (χ1) is 14.9. The number of nitrogens with zero attached hydrogens (tertiary/aromatic N) is 2. The molecule has 1 aliphatic rings. The summed E-state index contributed by atoms with van der Waals surface area (Å²) in [7, 11) is 1.77. The third-order valence-corrected chi connectivity index (χ3v) is 5.66. The maximum Gasteiger partial charge on any atom is 0.282 e. The van der Waals surface area contributed by atoms with Crippen LogP contribution in [0.2, 0.25) is 5.02 Å². The molecule has 3 aromatic rings. The third-order valence-electron chi connectivity index (χ3n) is 5.25. The summed E-state index contributed by atoms with van der Waals surface area (Å²) in [5.74, 6) is -1.32. The molecule has 2 amide bonds. The normalized spacial score (nSPS) is 13.9. The van der Waals surface area contributed by atoms with Gasteiger partial charge in [-0.25, -0.2) is 9.29 Å². The van der Waals surface area contributed by atoms with E-state index in [0.29, 0.717) is 22.8 Å². The summed E-state index contributed by atoms with van der Waals surface area (Å²) in [5, 5.41) is 0.465. The van der Waals surface area contributed by atoms with Crippen LogP contribution in [0.5, 0.6) is 0 Å². The second-order valence-electron chi connectivity index (χ2n) is 7.45. The summed E-state index contributed by atoms with van der Waals surface area (Å²) < 4.78 is 13.5. The van der Waals surface area contributed by atoms with Gasteiger partial charge in [0.25, 0.3) is 11.8 Å². The highest BCUT2D eigenvalue weighted by Gasteiger charge is 2.41. The Hall–Kier alpha value is -3.44. The van der Waals surface area contributed by atoms with E-state index < -0.39 is 17.6 Å². The zero-order valence-electron chi connectivity index (χ0n) is 17.1. The number of hydrogen-bond donors (Lipinski definition) is 0. The Morgan fingerprint density at radius 3 is 2.26 bits per heavy atom. The quantitative estimate of drug-likeness (QED) is 0.518. The number of aryl methyl sites for hydroxylation is 1. The smallest absolute Gasteiger partial charge is 0.282 e. The average Bonchev–Trinajstić information content (AvgIpc) is 3.02. The van der Waals surface area contributed by atoms with Crippen molar-refractivity contribution < 1.29 is 14.0 Å². The third kappa shape index (κ3) is 3.97. The van der Waals surface area contributed by atoms with Gasteiger partial charge in [0.2, 0.25) is 0 Å². The lowest BCUT2D eigenvalue weighted by Gasteiger charge is -2.22. The fraction of sp³-hybridized carbons (Fsp3) is 0.120. The van der Waals surface area contributed by atoms with E-state index in [4.69, 9.17) is 11.6 Å². The van der Waals surface area contributed by atoms with E-state index >= 15 is 0 Å². The Morgan fingerprint density at radius 1 is 0.935 bits per heavy atom. The molecule has 0 saturated heterocycles. The van der Waals surface area contributed by atoms with Crippen molar-refractivity contribution in [2.45, 2.75) is 13.5 Å². The number of carbonyl (C=O) groups excluding carboxylic acids is 2. The van der Waals surface area contributed by atoms with Crippen molar-refractivity contribution in [1.82, 2.24) is 4.90 Å². The molecular weight excluding hydrogens is 415 g/mol. The van der Waals surface area contributed by atoms with Crippen molar-refractivity contribution in [2.24, 2.45) is 0 Å². The van der Waals surface area contributed by atoms with Gasteiger partial charge in [-0.15, -0.1) is 0 Å². The molecule has 0 radical (unpaired) electrons. The molecule has 0 fully saturated rings. The van der Waals surface area contributed by atoms with Crippen LogP contribution in [0.15, 0.2) is 78.5 Å². The number of halogens is 2. The van der Waals surface area contributed by atoms with Crippen molar-refractivity contribution >= 4 is 34.7 Å². The van der Waals surface area contributed by atoms with Gasteiger partial charge in [-0.2, -0.15) is 0 Å². The Kier molecular flexibility index (Phi) is 5.61. The van der Waals surface area contributed by atoms with Gasteiger partial charge < -0.3 is 4.90 Å². The van der Waals surface area contributed by atoms with Crippen LogP contribution in [0.25, 0.3) is 5.57 Å². The summed E-state index contributed by atoms with van der Waals surface area (Å²) in [4.78, 5) is 29.8. The first-order valence-corrected chi connectivity index (χ1v) is 10.1. The van der Waals surface area contributed by atoms with Crippen molar-refractivity contribution in [1.29, 1.82) is 0 Å². The Balaban J connectivity index is 1.80. The van der Waals surface area contributed by atoms with Gasteiger partial charge >= 0.3 is 0 Å². The predicted molar refractivity (Wildman–Crippen MR) is 120 cm³/mol. The summed E-state index contributed by atoms with van der Waals surface area (Å²) in [6.07, 6.45) is 0. The number of imide groups is 1. The number of carbonyl (C=O) groups is 2. The van der Waals surface area contributed by atoms with Gasteiger partial charge in [-0.05, 0) is 47.9 Å². The minimum absolute atomic E-state index is 0.236. The predicted octanol–water partition coefficient (Wildman–Crippen LogP) is 5.20. The molecule has 6 heteroatoms. The van der Waals surface area contributed by atoms with Gasteiger partial charge in [0, 0.05) is 18.6 Å². The maximum absolute atomic E-state index is 13.5. The molecule has 0 unspecified atom stereocenters. The van der Waals surface area contributed by atoms with Crippen molar-refractivity contribution in [3.05, 3.63) is 106 Å². The molecule has 0 saturated carbocycles. The molecule has 31 heavy (non-hydrogen) atoms. The van der Waals surface area contributed by atoms with Gasteiger partial charge in [-0.1, -0.05) is 60.1 Å². The van der Waals surface area contributed by atoms with Crippen LogP contribution < -0.4 is 4.90 Å². The van der Waals surface area contributed by atoms with Crippen molar-refractivity contribution in [2.75, 3.05) is 11.9 Å². The molecule has 156 valence electrons. The summed E-state index contributed by atoms with van der Waals surface area (Å²) in [6, 6.07) is 20.3. The first kappa shape index (κ1) is 20.8. The minimum Gasteiger partial charge on any atom is -0.365 e. The Bertz CT molecular complexity index is 1190. The van der Waals surface area contributed by atoms with Crippen LogP contribution in [0, 0.1) is 12.7 Å². The number of benzene rings is 3. The highest BCUT2D eigenvalue weighted by Crippen LogP contribution is 2.36. The van der Waals surface area contributed by atoms with Gasteiger partial charge in [-0.3, -0.25) is 9.59 Å². The second-order valence-corrected chi connectivity index (χ2v) is 7.86. The molecule has 1 aliphatic heterocycles. The number of hydrogen-bond acceptors (Lipinski definition) is 3. The molecule has 1 heterocycles. The van der Waals surface area contributed by atoms with E-state index in [1.165, 1.54) is 24.3 Å². The van der Waals surface area contributed by atoms with E-state index in [-0.39, 0.29) is 11.3 Å². The first-order valence-electron chi connectivity index (χ1n) is 9.77. The largest absolute Gasteiger partial charge is 0.365 e. The molecule has 4 nitrogen and oxygen atoms in total. The molecule has 0 atom stereocenters. The van der Waals surface area contributed by atoms with Gasteiger partial charge in [0.1, 0.15) is 11.5 Å². The number of rotatable bonds is 5. The summed E-state index contributed by atoms with van der Waals surface area (Å²) >= 11 is 6.25. The lowest BCUT2D eigenvalue weighted by atomic mass is 10.0. The standard InChI is InChI=1S/C25H20ClFN2O2/c1-16-8-13-20(14-21(16)26)29-24(30)22(18-9-11-19(27)12-10-18)23(25(29)31)28(2)15-17-6-4-3-5-7-17/h3-14H,15H2,1-2H3. The van der Waals surface area contributed by atoms with Crippen LogP contribution in [-0.2, 0) is 16.1 Å². The highest BCUT2D eigenvalue weighted by atomic mass is 35.5. The Labute approximate surface area is 185 Å². The lowest BCUT2D eigenvalue weighted by molar-refractivity contribution is -0.120. The molecule has 0 spiro atoms. The highest BCUT2D eigenvalue weighted by molar-refractivity contribution is 6.45. The maximum atomic E-state index is 13.5. The molecular formula is C25H20ClFN2O2. The van der Waals surface area contributed by atoms with E-state index in [0.717, 1.165) is 16.0 Å². The molecule has 0 aliphatic carbocycles. The minimum atomic E-state index is -0.466. The fourth-order valence-electron chi connectivity index (χ4n) is 3.64. The van der Waals surface area contributed by atoms with Gasteiger partial charge in [0.05, 0.1) is 11.3 Å². The fourth-order valence-corrected chi connectivity index (χ4v) is 3.82. The van der Waals surface area contributed by atoms with Crippen LogP contribution >= 0.6 is 11.6 Å². The molecule has 0 aromatic heterocycles. The van der Waals surface area contributed by atoms with Crippen LogP contribution in [0.1, 0.15) is 16.7 Å². The van der Waals surface area contributed by atoms with E-state index in [1.54, 1.807) is 30.1 Å².